The van der Waals surface area contributed by atoms with E-state index < -0.39 is 5.76 Å². The van der Waals surface area contributed by atoms with E-state index in [2.05, 4.69) is 5.32 Å². The van der Waals surface area contributed by atoms with Gasteiger partial charge in [-0.25, -0.2) is 4.79 Å². The van der Waals surface area contributed by atoms with Crippen LogP contribution in [0.4, 0.5) is 5.69 Å². The van der Waals surface area contributed by atoms with Crippen LogP contribution in [0, 0.1) is 0 Å². The number of anilines is 1. The predicted molar refractivity (Wildman–Crippen MR) is 90.2 cm³/mol. The number of nitrogens with zero attached hydrogens (tertiary/aromatic N) is 1. The Kier molecular flexibility index (Phi) is 3.85. The van der Waals surface area contributed by atoms with Gasteiger partial charge in [-0.05, 0) is 30.7 Å². The van der Waals surface area contributed by atoms with Crippen LogP contribution in [0.2, 0.25) is 0 Å². The molecule has 3 aromatic rings. The Morgan fingerprint density at radius 3 is 2.65 bits per heavy atom. The maximum Gasteiger partial charge on any atom is 0.419 e. The van der Waals surface area contributed by atoms with Crippen molar-refractivity contribution < 1.29 is 9.21 Å². The second-order valence-electron chi connectivity index (χ2n) is 5.30. The molecular weight excluding hydrogens is 292 g/mol. The van der Waals surface area contributed by atoms with E-state index in [4.69, 9.17) is 4.42 Å². The molecule has 0 aliphatic carbocycles. The Morgan fingerprint density at radius 2 is 1.91 bits per heavy atom. The second-order valence-corrected chi connectivity index (χ2v) is 5.30. The fourth-order valence-electron chi connectivity index (χ4n) is 2.31. The molecule has 0 saturated heterocycles. The molecule has 1 amide bonds. The molecule has 3 rings (SSSR count). The lowest BCUT2D eigenvalue weighted by atomic mass is 10.1. The first-order valence-corrected chi connectivity index (χ1v) is 7.19. The summed E-state index contributed by atoms with van der Waals surface area (Å²) in [6, 6.07) is 14.8. The molecule has 1 heterocycles. The van der Waals surface area contributed by atoms with Crippen molar-refractivity contribution in [1.29, 1.82) is 0 Å². The first-order valence-electron chi connectivity index (χ1n) is 7.19. The van der Waals surface area contributed by atoms with Gasteiger partial charge in [-0.15, -0.1) is 0 Å². The van der Waals surface area contributed by atoms with E-state index >= 15 is 0 Å². The molecule has 1 aromatic heterocycles. The Hall–Kier alpha value is -3.08. The summed E-state index contributed by atoms with van der Waals surface area (Å²) in [7, 11) is 1.64. The minimum atomic E-state index is -0.427. The molecule has 0 saturated carbocycles. The molecule has 0 fully saturated rings. The van der Waals surface area contributed by atoms with Crippen molar-refractivity contribution in [2.24, 2.45) is 7.05 Å². The zero-order chi connectivity index (χ0) is 16.4. The van der Waals surface area contributed by atoms with Crippen molar-refractivity contribution in [3.63, 3.8) is 0 Å². The molecule has 0 atom stereocenters. The first-order chi connectivity index (χ1) is 11.0. The molecule has 0 aliphatic rings. The maximum atomic E-state index is 12.2. The molecular formula is C18H16N2O3. The van der Waals surface area contributed by atoms with E-state index in [1.165, 1.54) is 4.57 Å². The summed E-state index contributed by atoms with van der Waals surface area (Å²) in [5.74, 6) is -0.630. The fourth-order valence-corrected chi connectivity index (χ4v) is 2.31. The van der Waals surface area contributed by atoms with Crippen LogP contribution >= 0.6 is 0 Å². The number of hydrogen-bond donors (Lipinski definition) is 1. The number of hydrogen-bond acceptors (Lipinski definition) is 3. The smallest absolute Gasteiger partial charge is 0.408 e. The zero-order valence-electron chi connectivity index (χ0n) is 12.9. The van der Waals surface area contributed by atoms with Crippen molar-refractivity contribution in [2.75, 3.05) is 5.32 Å². The Bertz CT molecular complexity index is 949. The average molecular weight is 308 g/mol. The van der Waals surface area contributed by atoms with Gasteiger partial charge in [-0.1, -0.05) is 30.3 Å². The van der Waals surface area contributed by atoms with Gasteiger partial charge in [0.05, 0.1) is 5.52 Å². The number of amides is 1. The van der Waals surface area contributed by atoms with Gasteiger partial charge in [-0.2, -0.15) is 0 Å². The van der Waals surface area contributed by atoms with Gasteiger partial charge >= 0.3 is 5.76 Å². The summed E-state index contributed by atoms with van der Waals surface area (Å²) in [4.78, 5) is 23.7. The number of aromatic nitrogens is 1. The van der Waals surface area contributed by atoms with Crippen LogP contribution in [0.25, 0.3) is 17.2 Å². The molecule has 0 bridgehead atoms. The van der Waals surface area contributed by atoms with Gasteiger partial charge in [0.2, 0.25) is 0 Å². The Morgan fingerprint density at radius 1 is 1.17 bits per heavy atom. The molecule has 1 N–H and O–H groups in total. The van der Waals surface area contributed by atoms with Crippen molar-refractivity contribution in [2.45, 2.75) is 6.92 Å². The van der Waals surface area contributed by atoms with Crippen LogP contribution < -0.4 is 11.1 Å². The molecule has 23 heavy (non-hydrogen) atoms. The maximum absolute atomic E-state index is 12.2. The Labute approximate surface area is 132 Å². The third kappa shape index (κ3) is 3.08. The molecule has 5 nitrogen and oxygen atoms in total. The second kappa shape index (κ2) is 5.96. The lowest BCUT2D eigenvalue weighted by Crippen LogP contribution is -2.12. The molecule has 2 aromatic carbocycles. The van der Waals surface area contributed by atoms with E-state index in [1.807, 2.05) is 36.4 Å². The highest BCUT2D eigenvalue weighted by Crippen LogP contribution is 2.18. The van der Waals surface area contributed by atoms with Crippen molar-refractivity contribution in [3.05, 3.63) is 70.2 Å². The molecule has 0 unspecified atom stereocenters. The van der Waals surface area contributed by atoms with Crippen LogP contribution in [0.15, 0.2) is 63.3 Å². The van der Waals surface area contributed by atoms with Gasteiger partial charge in [0.1, 0.15) is 0 Å². The summed E-state index contributed by atoms with van der Waals surface area (Å²) in [6.07, 6.45) is 1.82. The summed E-state index contributed by atoms with van der Waals surface area (Å²) in [5.41, 5.74) is 3.26. The first kappa shape index (κ1) is 14.8. The molecule has 0 spiro atoms. The number of aryl methyl sites for hydroxylation is 1. The molecule has 0 radical (unpaired) electrons. The third-order valence-corrected chi connectivity index (χ3v) is 3.59. The van der Waals surface area contributed by atoms with Crippen LogP contribution in [0.3, 0.4) is 0 Å². The number of carbonyl (C=O) groups is 1. The van der Waals surface area contributed by atoms with Crippen LogP contribution in [-0.2, 0) is 11.8 Å². The van der Waals surface area contributed by atoms with Crippen LogP contribution in [0.5, 0.6) is 0 Å². The largest absolute Gasteiger partial charge is 0.419 e. The van der Waals surface area contributed by atoms with Crippen molar-refractivity contribution in [1.82, 2.24) is 4.57 Å². The van der Waals surface area contributed by atoms with Gasteiger partial charge in [0.15, 0.2) is 5.58 Å². The quantitative estimate of drug-likeness (QED) is 0.756. The van der Waals surface area contributed by atoms with Crippen LogP contribution in [0.1, 0.15) is 12.5 Å². The zero-order valence-corrected chi connectivity index (χ0v) is 12.9. The highest BCUT2D eigenvalue weighted by atomic mass is 16.4. The number of oxazole rings is 1. The fraction of sp³-hybridized carbons (Fsp3) is 0.111. The summed E-state index contributed by atoms with van der Waals surface area (Å²) in [6.45, 7) is 1.75. The summed E-state index contributed by atoms with van der Waals surface area (Å²) >= 11 is 0. The molecule has 0 aliphatic heterocycles. The highest BCUT2D eigenvalue weighted by Gasteiger charge is 2.09. The third-order valence-electron chi connectivity index (χ3n) is 3.59. The van der Waals surface area contributed by atoms with E-state index in [-0.39, 0.29) is 5.91 Å². The van der Waals surface area contributed by atoms with E-state index in [0.29, 0.717) is 22.4 Å². The average Bonchev–Trinajstić information content (AvgIpc) is 2.82. The molecule has 116 valence electrons. The van der Waals surface area contributed by atoms with E-state index in [1.54, 1.807) is 32.2 Å². The monoisotopic (exact) mass is 308 g/mol. The summed E-state index contributed by atoms with van der Waals surface area (Å²) in [5, 5.41) is 2.80. The van der Waals surface area contributed by atoms with Gasteiger partial charge in [-0.3, -0.25) is 9.36 Å². The SMILES string of the molecule is C/C(=C\c1ccccc1)C(=O)Nc1ccc2c(c1)oc(=O)n2C. The number of carbonyl (C=O) groups excluding carboxylic acids is 1. The van der Waals surface area contributed by atoms with Gasteiger partial charge in [0, 0.05) is 24.4 Å². The number of benzene rings is 2. The van der Waals surface area contributed by atoms with Crippen LogP contribution in [-0.4, -0.2) is 10.5 Å². The van der Waals surface area contributed by atoms with Crippen molar-refractivity contribution >= 4 is 28.8 Å². The van der Waals surface area contributed by atoms with Crippen molar-refractivity contribution in [3.8, 4) is 0 Å². The number of fused-ring (bicyclic) bond motifs is 1. The molecule has 5 heteroatoms. The highest BCUT2D eigenvalue weighted by molar-refractivity contribution is 6.06. The number of nitrogens with one attached hydrogen (secondary N) is 1. The summed E-state index contributed by atoms with van der Waals surface area (Å²) < 4.78 is 6.54. The normalized spacial score (nSPS) is 11.7. The van der Waals surface area contributed by atoms with Gasteiger partial charge in [0.25, 0.3) is 5.91 Å². The predicted octanol–water partition coefficient (Wildman–Crippen LogP) is 3.17. The van der Waals surface area contributed by atoms with E-state index in [0.717, 1.165) is 5.56 Å². The standard InChI is InChI=1S/C18H16N2O3/c1-12(10-13-6-4-3-5-7-13)17(21)19-14-8-9-15-16(11-14)23-18(22)20(15)2/h3-11H,1-2H3,(H,19,21)/b12-10+. The lowest BCUT2D eigenvalue weighted by molar-refractivity contribution is -0.112. The van der Waals surface area contributed by atoms with Gasteiger partial charge < -0.3 is 9.73 Å². The topological polar surface area (TPSA) is 64.2 Å². The van der Waals surface area contributed by atoms with E-state index in [9.17, 15) is 9.59 Å². The Balaban J connectivity index is 1.82. The number of rotatable bonds is 3. The minimum absolute atomic E-state index is 0.202. The lowest BCUT2D eigenvalue weighted by Gasteiger charge is -2.05. The minimum Gasteiger partial charge on any atom is -0.408 e.